The summed E-state index contributed by atoms with van der Waals surface area (Å²) in [6, 6.07) is 1.58. The van der Waals surface area contributed by atoms with E-state index in [1.165, 1.54) is 6.92 Å². The monoisotopic (exact) mass is 266 g/mol. The highest BCUT2D eigenvalue weighted by atomic mass is 19.4. The molecule has 0 amide bonds. The predicted octanol–water partition coefficient (Wildman–Crippen LogP) is 3.01. The number of rotatable bonds is 4. The third-order valence-corrected chi connectivity index (χ3v) is 2.11. The Labute approximate surface area is 100.0 Å². The minimum absolute atomic E-state index is 0.0190. The second-order valence-corrected chi connectivity index (χ2v) is 3.44. The fourth-order valence-corrected chi connectivity index (χ4v) is 1.40. The fourth-order valence-electron chi connectivity index (χ4n) is 1.40. The zero-order valence-corrected chi connectivity index (χ0v) is 9.29. The van der Waals surface area contributed by atoms with Crippen LogP contribution in [0.15, 0.2) is 18.2 Å². The zero-order valence-electron chi connectivity index (χ0n) is 9.29. The van der Waals surface area contributed by atoms with Crippen molar-refractivity contribution in [1.29, 1.82) is 0 Å². The van der Waals surface area contributed by atoms with Gasteiger partial charge < -0.3 is 9.84 Å². The Morgan fingerprint density at radius 3 is 2.44 bits per heavy atom. The number of hydrogen-bond donors (Lipinski definition) is 1. The minimum atomic E-state index is -4.74. The first-order valence-corrected chi connectivity index (χ1v) is 4.97. The van der Waals surface area contributed by atoms with E-state index >= 15 is 0 Å². The molecule has 100 valence electrons. The third-order valence-electron chi connectivity index (χ3n) is 2.11. The fraction of sp³-hybridized carbons (Fsp3) is 0.364. The molecular formula is C11H10F4O3. The van der Waals surface area contributed by atoms with Crippen molar-refractivity contribution in [2.24, 2.45) is 0 Å². The van der Waals surface area contributed by atoms with E-state index in [0.717, 1.165) is 0 Å². The second kappa shape index (κ2) is 5.34. The van der Waals surface area contributed by atoms with Gasteiger partial charge in [0.25, 0.3) is 0 Å². The maximum Gasteiger partial charge on any atom is 0.416 e. The van der Waals surface area contributed by atoms with Crippen molar-refractivity contribution in [1.82, 2.24) is 0 Å². The molecule has 18 heavy (non-hydrogen) atoms. The predicted molar refractivity (Wildman–Crippen MR) is 53.4 cm³/mol. The van der Waals surface area contributed by atoms with Gasteiger partial charge in [0, 0.05) is 6.61 Å². The van der Waals surface area contributed by atoms with Crippen molar-refractivity contribution in [3.05, 3.63) is 35.1 Å². The van der Waals surface area contributed by atoms with Crippen molar-refractivity contribution in [2.75, 3.05) is 6.61 Å². The molecule has 0 aliphatic carbocycles. The number of hydrogen-bond acceptors (Lipinski definition) is 2. The summed E-state index contributed by atoms with van der Waals surface area (Å²) in [7, 11) is 0. The molecular weight excluding hydrogens is 256 g/mol. The quantitative estimate of drug-likeness (QED) is 0.852. The smallest absolute Gasteiger partial charge is 0.416 e. The molecule has 7 heteroatoms. The van der Waals surface area contributed by atoms with Crippen LogP contribution in [0.25, 0.3) is 0 Å². The largest absolute Gasteiger partial charge is 0.479 e. The molecule has 0 radical (unpaired) electrons. The van der Waals surface area contributed by atoms with Gasteiger partial charge in [0.05, 0.1) is 5.56 Å². The van der Waals surface area contributed by atoms with Crippen molar-refractivity contribution in [3.8, 4) is 0 Å². The van der Waals surface area contributed by atoms with Gasteiger partial charge in [-0.3, -0.25) is 0 Å². The second-order valence-electron chi connectivity index (χ2n) is 3.44. The highest BCUT2D eigenvalue weighted by Crippen LogP contribution is 2.32. The first kappa shape index (κ1) is 14.4. The van der Waals surface area contributed by atoms with Crippen LogP contribution in [0.3, 0.4) is 0 Å². The van der Waals surface area contributed by atoms with Crippen molar-refractivity contribution in [2.45, 2.75) is 19.2 Å². The lowest BCUT2D eigenvalue weighted by molar-refractivity contribution is -0.151. The number of carboxylic acids is 1. The third kappa shape index (κ3) is 3.43. The van der Waals surface area contributed by atoms with E-state index in [9.17, 15) is 22.4 Å². The average Bonchev–Trinajstić information content (AvgIpc) is 2.23. The highest BCUT2D eigenvalue weighted by Gasteiger charge is 2.33. The molecule has 0 spiro atoms. The molecule has 0 aliphatic rings. The SMILES string of the molecule is CCOC(C(=O)O)c1cc(F)cc(C(F)(F)F)c1. The molecule has 1 aromatic carbocycles. The van der Waals surface area contributed by atoms with Crippen LogP contribution in [0, 0.1) is 5.82 Å². The van der Waals surface area contributed by atoms with Gasteiger partial charge >= 0.3 is 12.1 Å². The molecule has 1 rings (SSSR count). The molecule has 1 N–H and O–H groups in total. The summed E-state index contributed by atoms with van der Waals surface area (Å²) < 4.78 is 55.2. The molecule has 3 nitrogen and oxygen atoms in total. The van der Waals surface area contributed by atoms with Gasteiger partial charge in [0.15, 0.2) is 6.10 Å². The van der Waals surface area contributed by atoms with Gasteiger partial charge in [-0.05, 0) is 30.7 Å². The van der Waals surface area contributed by atoms with Gasteiger partial charge in [-0.1, -0.05) is 0 Å². The molecule has 0 fully saturated rings. The number of aliphatic carboxylic acids is 1. The van der Waals surface area contributed by atoms with Crippen LogP contribution in [0.1, 0.15) is 24.2 Å². The summed E-state index contributed by atoms with van der Waals surface area (Å²) in [5.41, 5.74) is -1.62. The molecule has 1 unspecified atom stereocenters. The van der Waals surface area contributed by atoms with Gasteiger partial charge in [-0.25, -0.2) is 9.18 Å². The van der Waals surface area contributed by atoms with Gasteiger partial charge in [-0.2, -0.15) is 13.2 Å². The maximum absolute atomic E-state index is 13.1. The summed E-state index contributed by atoms with van der Waals surface area (Å²) in [6.45, 7) is 1.47. The highest BCUT2D eigenvalue weighted by molar-refractivity contribution is 5.74. The summed E-state index contributed by atoms with van der Waals surface area (Å²) in [5.74, 6) is -2.64. The van der Waals surface area contributed by atoms with Crippen molar-refractivity contribution in [3.63, 3.8) is 0 Å². The summed E-state index contributed by atoms with van der Waals surface area (Å²) in [4.78, 5) is 10.8. The van der Waals surface area contributed by atoms with Gasteiger partial charge in [0.1, 0.15) is 5.82 Å². The lowest BCUT2D eigenvalue weighted by Crippen LogP contribution is -2.17. The molecule has 1 atom stereocenters. The molecule has 0 aromatic heterocycles. The van der Waals surface area contributed by atoms with Crippen LogP contribution in [0.5, 0.6) is 0 Å². The summed E-state index contributed by atoms with van der Waals surface area (Å²) in [6.07, 6.45) is -6.36. The lowest BCUT2D eigenvalue weighted by Gasteiger charge is -2.15. The minimum Gasteiger partial charge on any atom is -0.479 e. The standard InChI is InChI=1S/C11H10F4O3/c1-2-18-9(10(16)17)6-3-7(11(13,14)15)5-8(12)4-6/h3-5,9H,2H2,1H3,(H,16,17). The summed E-state index contributed by atoms with van der Waals surface area (Å²) in [5, 5.41) is 8.81. The van der Waals surface area contributed by atoms with E-state index in [0.29, 0.717) is 18.2 Å². The number of benzene rings is 1. The Bertz CT molecular complexity index is 442. The summed E-state index contributed by atoms with van der Waals surface area (Å²) >= 11 is 0. The topological polar surface area (TPSA) is 46.5 Å². The molecule has 0 saturated heterocycles. The first-order chi connectivity index (χ1) is 8.25. The zero-order chi connectivity index (χ0) is 13.9. The Morgan fingerprint density at radius 1 is 1.39 bits per heavy atom. The van der Waals surface area contributed by atoms with E-state index in [1.54, 1.807) is 0 Å². The Morgan fingerprint density at radius 2 is 2.00 bits per heavy atom. The number of ether oxygens (including phenoxy) is 1. The van der Waals surface area contributed by atoms with E-state index in [-0.39, 0.29) is 12.2 Å². The first-order valence-electron chi connectivity index (χ1n) is 4.97. The molecule has 0 saturated carbocycles. The van der Waals surface area contributed by atoms with E-state index in [2.05, 4.69) is 0 Å². The van der Waals surface area contributed by atoms with Gasteiger partial charge in [0.2, 0.25) is 0 Å². The number of alkyl halides is 3. The number of carboxylic acid groups (broad SMARTS) is 1. The maximum atomic E-state index is 13.1. The molecule has 0 aliphatic heterocycles. The van der Waals surface area contributed by atoms with Crippen LogP contribution in [-0.4, -0.2) is 17.7 Å². The normalized spacial score (nSPS) is 13.4. The Balaban J connectivity index is 3.23. The van der Waals surface area contributed by atoms with Crippen LogP contribution >= 0.6 is 0 Å². The lowest BCUT2D eigenvalue weighted by atomic mass is 10.1. The average molecular weight is 266 g/mol. The van der Waals surface area contributed by atoms with Crippen molar-refractivity contribution < 1.29 is 32.2 Å². The number of carbonyl (C=O) groups is 1. The Hall–Kier alpha value is -1.63. The molecule has 0 bridgehead atoms. The van der Waals surface area contributed by atoms with Crippen LogP contribution in [-0.2, 0) is 15.7 Å². The van der Waals surface area contributed by atoms with Crippen LogP contribution < -0.4 is 0 Å². The van der Waals surface area contributed by atoms with Crippen LogP contribution in [0.2, 0.25) is 0 Å². The molecule has 1 aromatic rings. The molecule has 0 heterocycles. The Kier molecular flexibility index (Phi) is 4.28. The van der Waals surface area contributed by atoms with Crippen molar-refractivity contribution >= 4 is 5.97 Å². The van der Waals surface area contributed by atoms with E-state index in [4.69, 9.17) is 9.84 Å². The van der Waals surface area contributed by atoms with E-state index in [1.807, 2.05) is 0 Å². The number of halogens is 4. The van der Waals surface area contributed by atoms with Gasteiger partial charge in [-0.15, -0.1) is 0 Å². The van der Waals surface area contributed by atoms with Crippen LogP contribution in [0.4, 0.5) is 17.6 Å². The van der Waals surface area contributed by atoms with E-state index < -0.39 is 29.6 Å².